The van der Waals surface area contributed by atoms with Gasteiger partial charge in [0.25, 0.3) is 0 Å². The number of carbonyl (C=O) groups excluding carboxylic acids is 1. The van der Waals surface area contributed by atoms with E-state index in [-0.39, 0.29) is 6.03 Å². The largest absolute Gasteiger partial charge is 0.486 e. The van der Waals surface area contributed by atoms with E-state index in [1.54, 1.807) is 0 Å². The highest BCUT2D eigenvalue weighted by Gasteiger charge is 2.31. The molecule has 136 valence electrons. The summed E-state index contributed by atoms with van der Waals surface area (Å²) < 4.78 is 11.3. The summed E-state index contributed by atoms with van der Waals surface area (Å²) in [7, 11) is 0. The van der Waals surface area contributed by atoms with E-state index < -0.39 is 0 Å². The van der Waals surface area contributed by atoms with Crippen molar-refractivity contribution in [1.82, 2.24) is 4.90 Å². The summed E-state index contributed by atoms with van der Waals surface area (Å²) in [5, 5.41) is 3.06. The van der Waals surface area contributed by atoms with Crippen LogP contribution in [0.3, 0.4) is 0 Å². The maximum atomic E-state index is 12.9. The Morgan fingerprint density at radius 1 is 1.08 bits per heavy atom. The van der Waals surface area contributed by atoms with Crippen LogP contribution in [0, 0.1) is 5.92 Å². The third-order valence-electron chi connectivity index (χ3n) is 5.78. The Kier molecular flexibility index (Phi) is 4.99. The van der Waals surface area contributed by atoms with Gasteiger partial charge in [0.15, 0.2) is 11.5 Å². The average Bonchev–Trinajstić information content (AvgIpc) is 3.11. The van der Waals surface area contributed by atoms with E-state index in [0.717, 1.165) is 25.3 Å². The van der Waals surface area contributed by atoms with Crippen LogP contribution in [0.25, 0.3) is 0 Å². The average molecular weight is 344 g/mol. The number of para-hydroxylation sites is 1. The number of anilines is 1. The number of fused-ring (bicyclic) bond motifs is 1. The minimum atomic E-state index is 0.000818. The number of ether oxygens (including phenoxy) is 2. The van der Waals surface area contributed by atoms with Crippen molar-refractivity contribution in [3.05, 3.63) is 18.2 Å². The molecule has 4 rings (SSSR count). The van der Waals surface area contributed by atoms with Gasteiger partial charge in [0.05, 0.1) is 5.69 Å². The van der Waals surface area contributed by atoms with Gasteiger partial charge in [-0.1, -0.05) is 38.2 Å². The van der Waals surface area contributed by atoms with Crippen molar-refractivity contribution in [1.29, 1.82) is 0 Å². The number of nitrogens with one attached hydrogen (secondary N) is 1. The maximum absolute atomic E-state index is 12.9. The van der Waals surface area contributed by atoms with Crippen molar-refractivity contribution in [2.45, 2.75) is 57.4 Å². The Balaban J connectivity index is 1.41. The van der Waals surface area contributed by atoms with Crippen molar-refractivity contribution < 1.29 is 14.3 Å². The number of amides is 2. The van der Waals surface area contributed by atoms with Gasteiger partial charge in [-0.15, -0.1) is 0 Å². The monoisotopic (exact) mass is 344 g/mol. The molecular formula is C20H28N2O3. The zero-order chi connectivity index (χ0) is 17.1. The quantitative estimate of drug-likeness (QED) is 0.883. The molecule has 0 radical (unpaired) electrons. The van der Waals surface area contributed by atoms with Gasteiger partial charge in [0.2, 0.25) is 0 Å². The molecule has 1 N–H and O–H groups in total. The predicted molar refractivity (Wildman–Crippen MR) is 97.4 cm³/mol. The van der Waals surface area contributed by atoms with Gasteiger partial charge in [-0.05, 0) is 37.3 Å². The lowest BCUT2D eigenvalue weighted by Crippen LogP contribution is -2.40. The van der Waals surface area contributed by atoms with Gasteiger partial charge < -0.3 is 19.7 Å². The molecule has 0 bridgehead atoms. The fourth-order valence-corrected chi connectivity index (χ4v) is 4.51. The molecule has 1 atom stereocenters. The molecule has 3 aliphatic rings. The molecule has 1 aliphatic carbocycles. The molecule has 25 heavy (non-hydrogen) atoms. The molecule has 2 fully saturated rings. The van der Waals surface area contributed by atoms with Crippen LogP contribution in [0.2, 0.25) is 0 Å². The zero-order valence-corrected chi connectivity index (χ0v) is 14.8. The van der Waals surface area contributed by atoms with E-state index in [1.165, 1.54) is 38.5 Å². The number of hydrogen-bond acceptors (Lipinski definition) is 3. The van der Waals surface area contributed by atoms with Crippen LogP contribution in [-0.2, 0) is 0 Å². The van der Waals surface area contributed by atoms with E-state index in [4.69, 9.17) is 9.47 Å². The fourth-order valence-electron chi connectivity index (χ4n) is 4.51. The number of rotatable bonds is 3. The molecular weight excluding hydrogens is 316 g/mol. The number of urea groups is 1. The highest BCUT2D eigenvalue weighted by molar-refractivity contribution is 5.92. The van der Waals surface area contributed by atoms with E-state index in [2.05, 4.69) is 5.32 Å². The molecule has 1 saturated carbocycles. The SMILES string of the molecule is O=C(Nc1cccc2c1OCCO2)N1CCCC1CC1CCCCC1. The Morgan fingerprint density at radius 3 is 2.80 bits per heavy atom. The number of hydrogen-bond donors (Lipinski definition) is 1. The van der Waals surface area contributed by atoms with Crippen LogP contribution in [-0.4, -0.2) is 36.7 Å². The van der Waals surface area contributed by atoms with Gasteiger partial charge in [0, 0.05) is 12.6 Å². The molecule has 1 aromatic carbocycles. The number of likely N-dealkylation sites (tertiary alicyclic amines) is 1. The second-order valence-electron chi connectivity index (χ2n) is 7.49. The van der Waals surface area contributed by atoms with Crippen molar-refractivity contribution in [2.24, 2.45) is 5.92 Å². The molecule has 1 unspecified atom stereocenters. The summed E-state index contributed by atoms with van der Waals surface area (Å²) in [4.78, 5) is 14.9. The van der Waals surface area contributed by atoms with Crippen LogP contribution in [0.1, 0.15) is 51.4 Å². The summed E-state index contributed by atoms with van der Waals surface area (Å²) in [6.07, 6.45) is 10.2. The molecule has 5 heteroatoms. The van der Waals surface area contributed by atoms with E-state index in [0.29, 0.717) is 36.4 Å². The highest BCUT2D eigenvalue weighted by atomic mass is 16.6. The van der Waals surface area contributed by atoms with Crippen molar-refractivity contribution in [3.63, 3.8) is 0 Å². The third-order valence-corrected chi connectivity index (χ3v) is 5.78. The topological polar surface area (TPSA) is 50.8 Å². The Bertz CT molecular complexity index is 613. The first kappa shape index (κ1) is 16.6. The first-order valence-electron chi connectivity index (χ1n) is 9.77. The van der Waals surface area contributed by atoms with Crippen LogP contribution in [0.5, 0.6) is 11.5 Å². The van der Waals surface area contributed by atoms with E-state index >= 15 is 0 Å². The summed E-state index contributed by atoms with van der Waals surface area (Å²) in [5.74, 6) is 2.17. The van der Waals surface area contributed by atoms with Gasteiger partial charge in [0.1, 0.15) is 13.2 Å². The van der Waals surface area contributed by atoms with Crippen LogP contribution >= 0.6 is 0 Å². The summed E-state index contributed by atoms with van der Waals surface area (Å²) in [6, 6.07) is 6.05. The van der Waals surface area contributed by atoms with Gasteiger partial charge >= 0.3 is 6.03 Å². The van der Waals surface area contributed by atoms with Crippen LogP contribution in [0.4, 0.5) is 10.5 Å². The molecule has 2 amide bonds. The Labute approximate surface area is 149 Å². The molecule has 2 aliphatic heterocycles. The summed E-state index contributed by atoms with van der Waals surface area (Å²) in [5.41, 5.74) is 0.713. The smallest absolute Gasteiger partial charge is 0.322 e. The summed E-state index contributed by atoms with van der Waals surface area (Å²) in [6.45, 7) is 1.93. The predicted octanol–water partition coefficient (Wildman–Crippen LogP) is 4.42. The van der Waals surface area contributed by atoms with Crippen LogP contribution in [0.15, 0.2) is 18.2 Å². The number of nitrogens with zero attached hydrogens (tertiary/aromatic N) is 1. The van der Waals surface area contributed by atoms with Gasteiger partial charge in [-0.3, -0.25) is 0 Å². The normalized spacial score (nSPS) is 23.5. The Morgan fingerprint density at radius 2 is 1.92 bits per heavy atom. The van der Waals surface area contributed by atoms with Crippen molar-refractivity contribution in [3.8, 4) is 11.5 Å². The Hall–Kier alpha value is -1.91. The first-order chi connectivity index (χ1) is 12.3. The zero-order valence-electron chi connectivity index (χ0n) is 14.8. The third kappa shape index (κ3) is 3.70. The minimum absolute atomic E-state index is 0.000818. The molecule has 0 spiro atoms. The second kappa shape index (κ2) is 7.54. The lowest BCUT2D eigenvalue weighted by molar-refractivity contribution is 0.172. The molecule has 5 nitrogen and oxygen atoms in total. The first-order valence-corrected chi connectivity index (χ1v) is 9.77. The number of benzene rings is 1. The molecule has 1 saturated heterocycles. The van der Waals surface area contributed by atoms with Gasteiger partial charge in [-0.25, -0.2) is 4.79 Å². The summed E-state index contributed by atoms with van der Waals surface area (Å²) >= 11 is 0. The molecule has 2 heterocycles. The van der Waals surface area contributed by atoms with Crippen LogP contribution < -0.4 is 14.8 Å². The van der Waals surface area contributed by atoms with Crippen molar-refractivity contribution in [2.75, 3.05) is 25.1 Å². The lowest BCUT2D eigenvalue weighted by atomic mass is 9.84. The highest BCUT2D eigenvalue weighted by Crippen LogP contribution is 2.38. The minimum Gasteiger partial charge on any atom is -0.486 e. The molecule has 1 aromatic rings. The van der Waals surface area contributed by atoms with Crippen molar-refractivity contribution >= 4 is 11.7 Å². The molecule has 0 aromatic heterocycles. The van der Waals surface area contributed by atoms with E-state index in [9.17, 15) is 4.79 Å². The van der Waals surface area contributed by atoms with E-state index in [1.807, 2.05) is 23.1 Å². The van der Waals surface area contributed by atoms with Gasteiger partial charge in [-0.2, -0.15) is 0 Å². The second-order valence-corrected chi connectivity index (χ2v) is 7.49. The maximum Gasteiger partial charge on any atom is 0.322 e. The standard InChI is InChI=1S/C20H28N2O3/c23-20(21-17-9-4-10-18-19(17)25-13-12-24-18)22-11-5-8-16(22)14-15-6-2-1-3-7-15/h4,9-10,15-16H,1-3,5-8,11-14H2,(H,21,23). The fraction of sp³-hybridized carbons (Fsp3) is 0.650. The number of carbonyl (C=O) groups is 1. The lowest BCUT2D eigenvalue weighted by Gasteiger charge is -2.30.